The van der Waals surface area contributed by atoms with Crippen LogP contribution in [0.25, 0.3) is 0 Å². The number of anilines is 1. The van der Waals surface area contributed by atoms with Crippen LogP contribution >= 0.6 is 0 Å². The molecule has 0 fully saturated rings. The minimum atomic E-state index is -0.259. The highest BCUT2D eigenvalue weighted by atomic mass is 16.5. The van der Waals surface area contributed by atoms with E-state index in [-0.39, 0.29) is 11.9 Å². The first-order valence-corrected chi connectivity index (χ1v) is 6.89. The normalized spacial score (nSPS) is 16.3. The van der Waals surface area contributed by atoms with E-state index < -0.39 is 0 Å². The molecule has 2 aromatic heterocycles. The lowest BCUT2D eigenvalue weighted by atomic mass is 10.1. The van der Waals surface area contributed by atoms with Gasteiger partial charge in [0.15, 0.2) is 5.82 Å². The first-order chi connectivity index (χ1) is 10.1. The van der Waals surface area contributed by atoms with E-state index >= 15 is 0 Å². The zero-order valence-corrected chi connectivity index (χ0v) is 12.0. The van der Waals surface area contributed by atoms with E-state index in [4.69, 9.17) is 4.52 Å². The van der Waals surface area contributed by atoms with E-state index in [0.29, 0.717) is 18.1 Å². The average molecular weight is 287 g/mol. The topological polar surface area (TPSA) is 84.2 Å². The maximum atomic E-state index is 12.3. The van der Waals surface area contributed by atoms with Gasteiger partial charge in [-0.15, -0.1) is 0 Å². The third-order valence-corrected chi connectivity index (χ3v) is 3.71. The molecule has 1 aliphatic rings. The average Bonchev–Trinajstić information content (AvgIpc) is 2.91. The number of carbonyl (C=O) groups is 1. The molecule has 1 unspecified atom stereocenters. The van der Waals surface area contributed by atoms with Crippen LogP contribution in [0, 0.1) is 6.92 Å². The van der Waals surface area contributed by atoms with Crippen molar-refractivity contribution in [1.82, 2.24) is 20.0 Å². The molecular formula is C14H17N5O2. The zero-order chi connectivity index (χ0) is 14.8. The molecule has 1 aliphatic heterocycles. The van der Waals surface area contributed by atoms with Gasteiger partial charge in [0.25, 0.3) is 0 Å². The van der Waals surface area contributed by atoms with Crippen LogP contribution in [0.15, 0.2) is 23.1 Å². The highest BCUT2D eigenvalue weighted by Crippen LogP contribution is 2.18. The monoisotopic (exact) mass is 287 g/mol. The second-order valence-corrected chi connectivity index (χ2v) is 5.20. The largest absolute Gasteiger partial charge is 0.360 e. The number of aryl methyl sites for hydroxylation is 1. The lowest BCUT2D eigenvalue weighted by Crippen LogP contribution is -2.44. The Morgan fingerprint density at radius 3 is 3.14 bits per heavy atom. The summed E-state index contributed by atoms with van der Waals surface area (Å²) in [4.78, 5) is 22.7. The first kappa shape index (κ1) is 13.7. The third-order valence-electron chi connectivity index (χ3n) is 3.71. The molecule has 3 heterocycles. The van der Waals surface area contributed by atoms with Crippen molar-refractivity contribution in [2.24, 2.45) is 0 Å². The van der Waals surface area contributed by atoms with E-state index in [9.17, 15) is 4.79 Å². The van der Waals surface area contributed by atoms with Crippen LogP contribution in [-0.4, -0.2) is 38.5 Å². The van der Waals surface area contributed by atoms with Crippen LogP contribution in [0.4, 0.5) is 5.82 Å². The summed E-state index contributed by atoms with van der Waals surface area (Å²) in [5.74, 6) is 1.02. The van der Waals surface area contributed by atoms with Gasteiger partial charge in [0.2, 0.25) is 5.91 Å². The van der Waals surface area contributed by atoms with Crippen LogP contribution in [0.5, 0.6) is 0 Å². The van der Waals surface area contributed by atoms with Crippen molar-refractivity contribution in [3.63, 3.8) is 0 Å². The smallest absolute Gasteiger partial charge is 0.242 e. The second-order valence-electron chi connectivity index (χ2n) is 5.20. The Morgan fingerprint density at radius 1 is 1.52 bits per heavy atom. The number of amides is 1. The predicted octanol–water partition coefficient (Wildman–Crippen LogP) is 1.16. The lowest BCUT2D eigenvalue weighted by Gasteiger charge is -2.31. The second kappa shape index (κ2) is 5.61. The summed E-state index contributed by atoms with van der Waals surface area (Å²) >= 11 is 0. The maximum absolute atomic E-state index is 12.3. The van der Waals surface area contributed by atoms with Gasteiger partial charge in [-0.25, -0.2) is 9.97 Å². The van der Waals surface area contributed by atoms with Crippen LogP contribution in [-0.2, 0) is 17.8 Å². The number of fused-ring (bicyclic) bond motifs is 1. The van der Waals surface area contributed by atoms with Crippen molar-refractivity contribution in [3.8, 4) is 0 Å². The Bertz CT molecular complexity index is 654. The van der Waals surface area contributed by atoms with Crippen LogP contribution in [0.1, 0.15) is 23.9 Å². The van der Waals surface area contributed by atoms with E-state index in [2.05, 4.69) is 25.3 Å². The number of hydrogen-bond donors (Lipinski definition) is 1. The van der Waals surface area contributed by atoms with Crippen molar-refractivity contribution in [2.45, 2.75) is 32.9 Å². The van der Waals surface area contributed by atoms with E-state index in [0.717, 1.165) is 24.2 Å². The molecule has 1 amide bonds. The SMILES string of the molecule is Cc1cc(NC(=O)C(C)N2CCc3cncnc3C2)no1. The molecule has 1 N–H and O–H groups in total. The molecule has 0 saturated carbocycles. The molecule has 0 spiro atoms. The summed E-state index contributed by atoms with van der Waals surface area (Å²) in [5, 5.41) is 6.54. The maximum Gasteiger partial charge on any atom is 0.242 e. The minimum Gasteiger partial charge on any atom is -0.360 e. The van der Waals surface area contributed by atoms with Gasteiger partial charge < -0.3 is 9.84 Å². The Kier molecular flexibility index (Phi) is 3.66. The van der Waals surface area contributed by atoms with Crippen molar-refractivity contribution >= 4 is 11.7 Å². The number of nitrogens with zero attached hydrogens (tertiary/aromatic N) is 4. The van der Waals surface area contributed by atoms with Gasteiger partial charge >= 0.3 is 0 Å². The number of nitrogens with one attached hydrogen (secondary N) is 1. The summed E-state index contributed by atoms with van der Waals surface area (Å²) in [6, 6.07) is 1.44. The molecule has 1 atom stereocenters. The molecule has 0 bridgehead atoms. The summed E-state index contributed by atoms with van der Waals surface area (Å²) in [5.41, 5.74) is 2.15. The molecular weight excluding hydrogens is 270 g/mol. The number of carbonyl (C=O) groups excluding carboxylic acids is 1. The van der Waals surface area contributed by atoms with Gasteiger partial charge in [-0.1, -0.05) is 5.16 Å². The fourth-order valence-corrected chi connectivity index (χ4v) is 2.42. The van der Waals surface area contributed by atoms with Gasteiger partial charge in [-0.2, -0.15) is 0 Å². The Balaban J connectivity index is 1.66. The molecule has 7 nitrogen and oxygen atoms in total. The van der Waals surface area contributed by atoms with E-state index in [1.54, 1.807) is 19.3 Å². The number of aromatic nitrogens is 3. The molecule has 110 valence electrons. The Hall–Kier alpha value is -2.28. The van der Waals surface area contributed by atoms with Gasteiger partial charge in [0.1, 0.15) is 12.1 Å². The Morgan fingerprint density at radius 2 is 2.38 bits per heavy atom. The number of rotatable bonds is 3. The summed E-state index contributed by atoms with van der Waals surface area (Å²) in [7, 11) is 0. The van der Waals surface area contributed by atoms with Crippen molar-refractivity contribution < 1.29 is 9.32 Å². The fourth-order valence-electron chi connectivity index (χ4n) is 2.42. The predicted molar refractivity (Wildman–Crippen MR) is 75.5 cm³/mol. The van der Waals surface area contributed by atoms with Gasteiger partial charge in [0, 0.05) is 25.4 Å². The summed E-state index contributed by atoms with van der Waals surface area (Å²) in [6.07, 6.45) is 4.25. The molecule has 0 aliphatic carbocycles. The molecule has 3 rings (SSSR count). The summed E-state index contributed by atoms with van der Waals surface area (Å²) < 4.78 is 4.94. The van der Waals surface area contributed by atoms with Crippen molar-refractivity contribution in [2.75, 3.05) is 11.9 Å². The van der Waals surface area contributed by atoms with Crippen molar-refractivity contribution in [3.05, 3.63) is 35.6 Å². The highest BCUT2D eigenvalue weighted by Gasteiger charge is 2.26. The molecule has 21 heavy (non-hydrogen) atoms. The van der Waals surface area contributed by atoms with Crippen LogP contribution in [0.2, 0.25) is 0 Å². The van der Waals surface area contributed by atoms with Gasteiger partial charge in [0.05, 0.1) is 11.7 Å². The Labute approximate surface area is 122 Å². The summed E-state index contributed by atoms with van der Waals surface area (Å²) in [6.45, 7) is 5.14. The van der Waals surface area contributed by atoms with E-state index in [1.165, 1.54) is 0 Å². The van der Waals surface area contributed by atoms with Gasteiger partial charge in [-0.05, 0) is 25.8 Å². The quantitative estimate of drug-likeness (QED) is 0.912. The standard InChI is InChI=1S/C14H17N5O2/c1-9-5-13(18-21-9)17-14(20)10(2)19-4-3-11-6-15-8-16-12(11)7-19/h5-6,8,10H,3-4,7H2,1-2H3,(H,17,18,20). The fraction of sp³-hybridized carbons (Fsp3) is 0.429. The highest BCUT2D eigenvalue weighted by molar-refractivity contribution is 5.93. The van der Waals surface area contributed by atoms with Crippen LogP contribution in [0.3, 0.4) is 0 Å². The molecule has 2 aromatic rings. The van der Waals surface area contributed by atoms with Crippen molar-refractivity contribution in [1.29, 1.82) is 0 Å². The van der Waals surface area contributed by atoms with Gasteiger partial charge in [-0.3, -0.25) is 9.69 Å². The first-order valence-electron chi connectivity index (χ1n) is 6.89. The molecule has 0 aromatic carbocycles. The molecule has 0 radical (unpaired) electrons. The minimum absolute atomic E-state index is 0.0965. The third kappa shape index (κ3) is 2.92. The number of hydrogen-bond acceptors (Lipinski definition) is 6. The molecule has 7 heteroatoms. The van der Waals surface area contributed by atoms with E-state index in [1.807, 2.05) is 13.1 Å². The van der Waals surface area contributed by atoms with Crippen LogP contribution < -0.4 is 5.32 Å². The zero-order valence-electron chi connectivity index (χ0n) is 12.0. The lowest BCUT2D eigenvalue weighted by molar-refractivity contribution is -0.121. The molecule has 0 saturated heterocycles.